The van der Waals surface area contributed by atoms with Gasteiger partial charge in [-0.3, -0.25) is 0 Å². The lowest BCUT2D eigenvalue weighted by atomic mass is 9.94. The van der Waals surface area contributed by atoms with E-state index < -0.39 is 6.16 Å². The predicted octanol–water partition coefficient (Wildman–Crippen LogP) is 4.63. The Hall–Kier alpha value is -1.51. The second-order valence-electron chi connectivity index (χ2n) is 4.78. The molecule has 0 unspecified atom stereocenters. The average molecular weight is 249 g/mol. The predicted molar refractivity (Wildman–Crippen MR) is 71.7 cm³/mol. The highest BCUT2D eigenvalue weighted by Crippen LogP contribution is 2.34. The van der Waals surface area contributed by atoms with Crippen molar-refractivity contribution in [1.29, 1.82) is 0 Å². The first-order valence-corrected chi connectivity index (χ1v) is 6.26. The Balaban J connectivity index is 3.14. The first kappa shape index (κ1) is 14.6. The van der Waals surface area contributed by atoms with Crippen LogP contribution in [0.15, 0.2) is 18.2 Å². The molecule has 3 heteroatoms. The van der Waals surface area contributed by atoms with Crippen molar-refractivity contribution >= 4 is 6.16 Å². The molecule has 0 heterocycles. The monoisotopic (exact) mass is 249 g/mol. The van der Waals surface area contributed by atoms with Crippen molar-refractivity contribution in [2.45, 2.75) is 46.5 Å². The summed E-state index contributed by atoms with van der Waals surface area (Å²) in [4.78, 5) is 11.5. The van der Waals surface area contributed by atoms with Gasteiger partial charge in [0.05, 0.1) is 0 Å². The van der Waals surface area contributed by atoms with Crippen LogP contribution in [0.25, 0.3) is 0 Å². The molecule has 0 aliphatic carbocycles. The molecule has 1 aromatic rings. The van der Waals surface area contributed by atoms with Gasteiger partial charge in [-0.25, -0.2) is 4.79 Å². The summed E-state index contributed by atoms with van der Waals surface area (Å²) in [5.41, 5.74) is 2.04. The van der Waals surface area contributed by atoms with Crippen molar-refractivity contribution in [2.24, 2.45) is 0 Å². The zero-order valence-corrected chi connectivity index (χ0v) is 11.7. The number of carbonyl (C=O) groups excluding carboxylic acids is 1. The highest BCUT2D eigenvalue weighted by atomic mass is 16.7. The molecule has 18 heavy (non-hydrogen) atoms. The number of para-hydroxylation sites is 1. The molecule has 0 atom stereocenters. The minimum absolute atomic E-state index is 0.289. The van der Waals surface area contributed by atoms with E-state index in [9.17, 15) is 4.79 Å². The van der Waals surface area contributed by atoms with Crippen molar-refractivity contribution in [1.82, 2.24) is 0 Å². The number of carbonyl (C=O) groups is 1. The van der Waals surface area contributed by atoms with Gasteiger partial charge < -0.3 is 9.47 Å². The lowest BCUT2D eigenvalue weighted by Crippen LogP contribution is -2.12. The third kappa shape index (κ3) is 3.49. The van der Waals surface area contributed by atoms with Gasteiger partial charge in [0.15, 0.2) is 0 Å². The van der Waals surface area contributed by atoms with Gasteiger partial charge in [0.25, 0.3) is 0 Å². The van der Waals surface area contributed by atoms with Crippen LogP contribution in [0.4, 0.5) is 4.79 Å². The highest BCUT2D eigenvalue weighted by Gasteiger charge is 2.18. The van der Waals surface area contributed by atoms with Crippen LogP contribution in [0.5, 0.6) is 5.75 Å². The standard InChI is InChI=1S/C15H21O3/c1-6-17-15(16)18-14-12(10(2)3)8-7-9-13(14)11(4)5/h6-11H,1-5H3. The number of hydrogen-bond donors (Lipinski definition) is 0. The molecule has 0 aliphatic rings. The van der Waals surface area contributed by atoms with Crippen molar-refractivity contribution in [3.63, 3.8) is 0 Å². The summed E-state index contributed by atoms with van der Waals surface area (Å²) in [6.45, 7) is 11.2. The Bertz CT molecular complexity index is 382. The zero-order chi connectivity index (χ0) is 13.7. The van der Waals surface area contributed by atoms with Crippen molar-refractivity contribution in [3.05, 3.63) is 35.9 Å². The molecule has 0 aliphatic heterocycles. The largest absolute Gasteiger partial charge is 0.514 e. The van der Waals surface area contributed by atoms with Crippen molar-refractivity contribution < 1.29 is 14.3 Å². The van der Waals surface area contributed by atoms with E-state index in [1.54, 1.807) is 6.92 Å². The fourth-order valence-corrected chi connectivity index (χ4v) is 1.80. The molecular weight excluding hydrogens is 228 g/mol. The van der Waals surface area contributed by atoms with Gasteiger partial charge >= 0.3 is 6.16 Å². The normalized spacial score (nSPS) is 10.8. The Morgan fingerprint density at radius 3 is 2.00 bits per heavy atom. The molecule has 1 aromatic carbocycles. The first-order chi connectivity index (χ1) is 8.47. The Morgan fingerprint density at radius 2 is 1.61 bits per heavy atom. The maximum atomic E-state index is 11.5. The van der Waals surface area contributed by atoms with Gasteiger partial charge in [-0.05, 0) is 29.9 Å². The zero-order valence-electron chi connectivity index (χ0n) is 11.7. The molecule has 3 nitrogen and oxygen atoms in total. The van der Waals surface area contributed by atoms with Crippen LogP contribution in [0, 0.1) is 6.61 Å². The smallest absolute Gasteiger partial charge is 0.427 e. The molecule has 1 rings (SSSR count). The topological polar surface area (TPSA) is 35.5 Å². The van der Waals surface area contributed by atoms with Gasteiger partial charge in [0.1, 0.15) is 12.4 Å². The van der Waals surface area contributed by atoms with Crippen molar-refractivity contribution in [3.8, 4) is 5.75 Å². The Kier molecular flexibility index (Phi) is 5.20. The maximum absolute atomic E-state index is 11.5. The van der Waals surface area contributed by atoms with E-state index in [1.165, 1.54) is 6.61 Å². The van der Waals surface area contributed by atoms with Crippen molar-refractivity contribution in [2.75, 3.05) is 0 Å². The minimum atomic E-state index is -0.687. The lowest BCUT2D eigenvalue weighted by Gasteiger charge is -2.18. The van der Waals surface area contributed by atoms with E-state index >= 15 is 0 Å². The fraction of sp³-hybridized carbons (Fsp3) is 0.467. The highest BCUT2D eigenvalue weighted by molar-refractivity contribution is 5.66. The lowest BCUT2D eigenvalue weighted by molar-refractivity contribution is 0.123. The molecular formula is C15H21O3. The second-order valence-corrected chi connectivity index (χ2v) is 4.78. The number of rotatable bonds is 4. The summed E-state index contributed by atoms with van der Waals surface area (Å²) in [5, 5.41) is 0. The summed E-state index contributed by atoms with van der Waals surface area (Å²) < 4.78 is 10.1. The van der Waals surface area contributed by atoms with Gasteiger partial charge in [-0.2, -0.15) is 0 Å². The van der Waals surface area contributed by atoms with Crippen LogP contribution >= 0.6 is 0 Å². The van der Waals surface area contributed by atoms with E-state index in [-0.39, 0.29) is 11.8 Å². The molecule has 1 radical (unpaired) electrons. The summed E-state index contributed by atoms with van der Waals surface area (Å²) in [7, 11) is 0. The van der Waals surface area contributed by atoms with Gasteiger partial charge in [0, 0.05) is 0 Å². The fourth-order valence-electron chi connectivity index (χ4n) is 1.80. The Labute approximate surface area is 109 Å². The van der Waals surface area contributed by atoms with Gasteiger partial charge in [-0.15, -0.1) is 0 Å². The average Bonchev–Trinajstić information content (AvgIpc) is 2.28. The summed E-state index contributed by atoms with van der Waals surface area (Å²) >= 11 is 0. The number of hydrogen-bond acceptors (Lipinski definition) is 3. The van der Waals surface area contributed by atoms with Gasteiger partial charge in [-0.1, -0.05) is 45.9 Å². The van der Waals surface area contributed by atoms with E-state index in [1.807, 2.05) is 18.2 Å². The molecule has 0 saturated heterocycles. The minimum Gasteiger partial charge on any atom is -0.427 e. The molecule has 0 amide bonds. The van der Waals surface area contributed by atoms with Crippen LogP contribution in [-0.2, 0) is 4.74 Å². The van der Waals surface area contributed by atoms with E-state index in [4.69, 9.17) is 9.47 Å². The van der Waals surface area contributed by atoms with Crippen LogP contribution < -0.4 is 4.74 Å². The first-order valence-electron chi connectivity index (χ1n) is 6.26. The van der Waals surface area contributed by atoms with E-state index in [2.05, 4.69) is 27.7 Å². The third-order valence-corrected chi connectivity index (χ3v) is 2.72. The van der Waals surface area contributed by atoms with E-state index in [0.717, 1.165) is 11.1 Å². The van der Waals surface area contributed by atoms with Crippen LogP contribution in [-0.4, -0.2) is 6.16 Å². The number of benzene rings is 1. The number of ether oxygens (including phenoxy) is 2. The third-order valence-electron chi connectivity index (χ3n) is 2.72. The molecule has 0 spiro atoms. The van der Waals surface area contributed by atoms with E-state index in [0.29, 0.717) is 5.75 Å². The summed E-state index contributed by atoms with van der Waals surface area (Å²) in [5.74, 6) is 1.21. The van der Waals surface area contributed by atoms with Crippen LogP contribution in [0.3, 0.4) is 0 Å². The van der Waals surface area contributed by atoms with Crippen LogP contribution in [0.2, 0.25) is 0 Å². The molecule has 0 N–H and O–H groups in total. The molecule has 0 bridgehead atoms. The Morgan fingerprint density at radius 1 is 1.11 bits per heavy atom. The quantitative estimate of drug-likeness (QED) is 0.576. The molecule has 0 fully saturated rings. The van der Waals surface area contributed by atoms with Crippen LogP contribution in [0.1, 0.15) is 57.6 Å². The molecule has 0 aromatic heterocycles. The second kappa shape index (κ2) is 6.43. The maximum Gasteiger partial charge on any atom is 0.514 e. The SMILES string of the molecule is C[CH]OC(=O)Oc1c(C(C)C)cccc1C(C)C. The molecule has 0 saturated carbocycles. The van der Waals surface area contributed by atoms with Gasteiger partial charge in [0.2, 0.25) is 0 Å². The summed E-state index contributed by atoms with van der Waals surface area (Å²) in [6.07, 6.45) is -0.687. The summed E-state index contributed by atoms with van der Waals surface area (Å²) in [6, 6.07) is 5.96. The molecule has 99 valence electrons.